The first kappa shape index (κ1) is 12.2. The summed E-state index contributed by atoms with van der Waals surface area (Å²) in [7, 11) is 0. The normalized spacial score (nSPS) is 10.7. The maximum absolute atomic E-state index is 13.3. The second-order valence-electron chi connectivity index (χ2n) is 4.09. The lowest BCUT2D eigenvalue weighted by Crippen LogP contribution is -2.07. The zero-order valence-corrected chi connectivity index (χ0v) is 10.2. The standard InChI is InChI=1S/C14H9FN2O3/c15-9-3-1-4-10(7-9)17-12(14(18)19)8-11(16-17)13-5-2-6-20-13/h1-8H,(H,18,19). The number of aromatic nitrogens is 2. The molecule has 0 radical (unpaired) electrons. The van der Waals surface area contributed by atoms with Crippen molar-refractivity contribution in [3.05, 3.63) is 60.2 Å². The molecule has 0 aliphatic carbocycles. The summed E-state index contributed by atoms with van der Waals surface area (Å²) >= 11 is 0. The van der Waals surface area contributed by atoms with Crippen molar-refractivity contribution in [2.75, 3.05) is 0 Å². The summed E-state index contributed by atoms with van der Waals surface area (Å²) in [5.41, 5.74) is 0.638. The van der Waals surface area contributed by atoms with Crippen molar-refractivity contribution in [3.8, 4) is 17.1 Å². The molecule has 0 amide bonds. The topological polar surface area (TPSA) is 68.3 Å². The van der Waals surface area contributed by atoms with E-state index in [1.807, 2.05) is 0 Å². The predicted octanol–water partition coefficient (Wildman–Crippen LogP) is 2.97. The number of furan rings is 1. The number of hydrogen-bond acceptors (Lipinski definition) is 3. The lowest BCUT2D eigenvalue weighted by Gasteiger charge is -2.03. The van der Waals surface area contributed by atoms with Crippen LogP contribution in [0, 0.1) is 5.82 Å². The molecule has 2 aromatic heterocycles. The lowest BCUT2D eigenvalue weighted by molar-refractivity contribution is 0.0687. The molecule has 3 rings (SSSR count). The molecule has 1 N–H and O–H groups in total. The molecule has 0 fully saturated rings. The van der Waals surface area contributed by atoms with Crippen LogP contribution < -0.4 is 0 Å². The average Bonchev–Trinajstić information content (AvgIpc) is 3.08. The van der Waals surface area contributed by atoms with Crippen LogP contribution in [0.3, 0.4) is 0 Å². The first-order valence-electron chi connectivity index (χ1n) is 5.78. The minimum absolute atomic E-state index is 0.0676. The van der Waals surface area contributed by atoms with Gasteiger partial charge < -0.3 is 9.52 Å². The Balaban J connectivity index is 2.17. The molecular formula is C14H9FN2O3. The minimum atomic E-state index is -1.15. The summed E-state index contributed by atoms with van der Waals surface area (Å²) < 4.78 is 19.6. The van der Waals surface area contributed by atoms with Crippen LogP contribution in [0.4, 0.5) is 4.39 Å². The van der Waals surface area contributed by atoms with E-state index in [9.17, 15) is 14.3 Å². The van der Waals surface area contributed by atoms with Crippen LogP contribution in [0.5, 0.6) is 0 Å². The minimum Gasteiger partial charge on any atom is -0.477 e. The molecule has 20 heavy (non-hydrogen) atoms. The Bertz CT molecular complexity index is 763. The summed E-state index contributed by atoms with van der Waals surface area (Å²) in [6, 6.07) is 10.3. The highest BCUT2D eigenvalue weighted by Gasteiger charge is 2.18. The average molecular weight is 272 g/mol. The Morgan fingerprint density at radius 2 is 2.10 bits per heavy atom. The number of carboxylic acids is 1. The van der Waals surface area contributed by atoms with Gasteiger partial charge in [-0.05, 0) is 30.3 Å². The molecule has 0 aliphatic heterocycles. The van der Waals surface area contributed by atoms with Gasteiger partial charge in [0.1, 0.15) is 11.5 Å². The van der Waals surface area contributed by atoms with E-state index in [0.29, 0.717) is 17.1 Å². The summed E-state index contributed by atoms with van der Waals surface area (Å²) in [6.07, 6.45) is 1.47. The fourth-order valence-corrected chi connectivity index (χ4v) is 1.88. The molecule has 3 aromatic rings. The molecule has 5 nitrogen and oxygen atoms in total. The van der Waals surface area contributed by atoms with E-state index in [0.717, 1.165) is 0 Å². The second-order valence-corrected chi connectivity index (χ2v) is 4.09. The number of nitrogens with zero attached hydrogens (tertiary/aromatic N) is 2. The third kappa shape index (κ3) is 2.07. The number of rotatable bonds is 3. The highest BCUT2D eigenvalue weighted by molar-refractivity contribution is 5.87. The second kappa shape index (κ2) is 4.65. The van der Waals surface area contributed by atoms with E-state index < -0.39 is 11.8 Å². The third-order valence-electron chi connectivity index (χ3n) is 2.75. The maximum atomic E-state index is 13.3. The predicted molar refractivity (Wildman–Crippen MR) is 68.2 cm³/mol. The lowest BCUT2D eigenvalue weighted by atomic mass is 10.3. The van der Waals surface area contributed by atoms with Gasteiger partial charge in [-0.3, -0.25) is 0 Å². The molecule has 0 saturated heterocycles. The van der Waals surface area contributed by atoms with Gasteiger partial charge in [0.15, 0.2) is 11.5 Å². The number of carbonyl (C=O) groups is 1. The highest BCUT2D eigenvalue weighted by Crippen LogP contribution is 2.22. The van der Waals surface area contributed by atoms with E-state index >= 15 is 0 Å². The van der Waals surface area contributed by atoms with E-state index in [2.05, 4.69) is 5.10 Å². The molecule has 0 unspecified atom stereocenters. The zero-order valence-electron chi connectivity index (χ0n) is 10.2. The van der Waals surface area contributed by atoms with Crippen molar-refractivity contribution in [2.45, 2.75) is 0 Å². The molecule has 6 heteroatoms. The number of halogens is 1. The van der Waals surface area contributed by atoms with Crippen molar-refractivity contribution in [1.82, 2.24) is 9.78 Å². The Morgan fingerprint density at radius 1 is 1.25 bits per heavy atom. The molecule has 0 spiro atoms. The maximum Gasteiger partial charge on any atom is 0.354 e. The SMILES string of the molecule is O=C(O)c1cc(-c2ccco2)nn1-c1cccc(F)c1. The molecule has 100 valence electrons. The number of carboxylic acid groups (broad SMARTS) is 1. The molecule has 2 heterocycles. The van der Waals surface area contributed by atoms with Crippen LogP contribution in [-0.2, 0) is 0 Å². The van der Waals surface area contributed by atoms with Gasteiger partial charge in [0.05, 0.1) is 12.0 Å². The van der Waals surface area contributed by atoms with Gasteiger partial charge in [0, 0.05) is 6.07 Å². The van der Waals surface area contributed by atoms with Crippen molar-refractivity contribution in [2.24, 2.45) is 0 Å². The van der Waals surface area contributed by atoms with Crippen LogP contribution in [0.1, 0.15) is 10.5 Å². The van der Waals surface area contributed by atoms with Gasteiger partial charge in [-0.25, -0.2) is 13.9 Å². The Hall–Kier alpha value is -2.89. The highest BCUT2D eigenvalue weighted by atomic mass is 19.1. The van der Waals surface area contributed by atoms with Crippen LogP contribution >= 0.6 is 0 Å². The monoisotopic (exact) mass is 272 g/mol. The largest absolute Gasteiger partial charge is 0.477 e. The van der Waals surface area contributed by atoms with Crippen LogP contribution in [-0.4, -0.2) is 20.9 Å². The fraction of sp³-hybridized carbons (Fsp3) is 0. The van der Waals surface area contributed by atoms with Gasteiger partial charge in [-0.15, -0.1) is 0 Å². The Morgan fingerprint density at radius 3 is 2.75 bits per heavy atom. The molecular weight excluding hydrogens is 263 g/mol. The third-order valence-corrected chi connectivity index (χ3v) is 2.75. The fourth-order valence-electron chi connectivity index (χ4n) is 1.88. The van der Waals surface area contributed by atoms with Crippen molar-refractivity contribution in [3.63, 3.8) is 0 Å². The van der Waals surface area contributed by atoms with Crippen molar-refractivity contribution in [1.29, 1.82) is 0 Å². The van der Waals surface area contributed by atoms with Crippen molar-refractivity contribution >= 4 is 5.97 Å². The Kier molecular flexibility index (Phi) is 2.83. The van der Waals surface area contributed by atoms with E-state index in [-0.39, 0.29) is 5.69 Å². The van der Waals surface area contributed by atoms with Crippen LogP contribution in [0.2, 0.25) is 0 Å². The number of aromatic carboxylic acids is 1. The number of hydrogen-bond donors (Lipinski definition) is 1. The van der Waals surface area contributed by atoms with Gasteiger partial charge in [-0.2, -0.15) is 5.10 Å². The summed E-state index contributed by atoms with van der Waals surface area (Å²) in [5.74, 6) is -1.17. The van der Waals surface area contributed by atoms with Gasteiger partial charge >= 0.3 is 5.97 Å². The summed E-state index contributed by atoms with van der Waals surface area (Å²) in [5, 5.41) is 13.4. The molecule has 0 aliphatic rings. The summed E-state index contributed by atoms with van der Waals surface area (Å²) in [4.78, 5) is 11.3. The van der Waals surface area contributed by atoms with Gasteiger partial charge in [-0.1, -0.05) is 6.07 Å². The first-order chi connectivity index (χ1) is 9.65. The van der Waals surface area contributed by atoms with E-state index in [4.69, 9.17) is 4.42 Å². The molecule has 1 aromatic carbocycles. The van der Waals surface area contributed by atoms with Gasteiger partial charge in [0.25, 0.3) is 0 Å². The Labute approximate surface area is 112 Å². The molecule has 0 saturated carbocycles. The first-order valence-corrected chi connectivity index (χ1v) is 5.78. The van der Waals surface area contributed by atoms with Crippen molar-refractivity contribution < 1.29 is 18.7 Å². The van der Waals surface area contributed by atoms with E-state index in [1.165, 1.54) is 35.2 Å². The number of benzene rings is 1. The zero-order chi connectivity index (χ0) is 14.1. The van der Waals surface area contributed by atoms with Gasteiger partial charge in [0.2, 0.25) is 0 Å². The van der Waals surface area contributed by atoms with E-state index in [1.54, 1.807) is 18.2 Å². The smallest absolute Gasteiger partial charge is 0.354 e. The van der Waals surface area contributed by atoms with Crippen LogP contribution in [0.25, 0.3) is 17.1 Å². The quantitative estimate of drug-likeness (QED) is 0.795. The van der Waals surface area contributed by atoms with Crippen LogP contribution in [0.15, 0.2) is 53.1 Å². The summed E-state index contributed by atoms with van der Waals surface area (Å²) in [6.45, 7) is 0. The molecule has 0 bridgehead atoms. The molecule has 0 atom stereocenters.